The van der Waals surface area contributed by atoms with E-state index in [0.29, 0.717) is 0 Å². The van der Waals surface area contributed by atoms with Crippen molar-refractivity contribution in [3.63, 3.8) is 0 Å². The van der Waals surface area contributed by atoms with Crippen LogP contribution in [-0.4, -0.2) is 0 Å². The third-order valence-corrected chi connectivity index (χ3v) is 13.0. The predicted molar refractivity (Wildman–Crippen MR) is 245 cm³/mol. The fourth-order valence-electron chi connectivity index (χ4n) is 10.4. The molecule has 12 rings (SSSR count). The molecule has 0 bridgehead atoms. The minimum atomic E-state index is -0.0598. The standard InChI is InChI=1S/C57H38/c1-57(2)52-32-30-39(33-50(52)49-31-29-37-14-4-6-16-42(37)56(49)57)35-23-26-38(27-24-35)53-45-19-9-11-21-47(45)55(48-22-12-10-20-46(48)53)51-34-40-28-25-36-13-3-5-15-41(36)54(40)44-18-8-7-17-43(44)51/h3-34H,1-2H3. The molecule has 1 aliphatic carbocycles. The minimum Gasteiger partial charge on any atom is -0.0616 e. The highest BCUT2D eigenvalue weighted by atomic mass is 14.4. The average Bonchev–Trinajstić information content (AvgIpc) is 3.50. The molecule has 0 aromatic heterocycles. The van der Waals surface area contributed by atoms with Gasteiger partial charge in [0, 0.05) is 5.41 Å². The van der Waals surface area contributed by atoms with Gasteiger partial charge < -0.3 is 0 Å². The van der Waals surface area contributed by atoms with Crippen LogP contribution in [0.2, 0.25) is 0 Å². The summed E-state index contributed by atoms with van der Waals surface area (Å²) in [6, 6.07) is 72.6. The Kier molecular flexibility index (Phi) is 6.78. The summed E-state index contributed by atoms with van der Waals surface area (Å²) in [7, 11) is 0. The number of rotatable bonds is 3. The molecular weight excluding hydrogens is 685 g/mol. The van der Waals surface area contributed by atoms with Crippen LogP contribution in [0.5, 0.6) is 0 Å². The number of benzene rings is 11. The molecule has 0 saturated carbocycles. The Hall–Kier alpha value is -7.02. The third-order valence-electron chi connectivity index (χ3n) is 13.0. The van der Waals surface area contributed by atoms with Gasteiger partial charge in [-0.3, -0.25) is 0 Å². The van der Waals surface area contributed by atoms with E-state index in [2.05, 4.69) is 208 Å². The first-order chi connectivity index (χ1) is 28.0. The minimum absolute atomic E-state index is 0.0598. The highest BCUT2D eigenvalue weighted by Gasteiger charge is 2.37. The molecule has 11 aromatic rings. The summed E-state index contributed by atoms with van der Waals surface area (Å²) in [5.74, 6) is 0. The maximum Gasteiger partial charge on any atom is 0.0165 e. The van der Waals surface area contributed by atoms with Gasteiger partial charge in [0.05, 0.1) is 0 Å². The van der Waals surface area contributed by atoms with Gasteiger partial charge in [-0.15, -0.1) is 0 Å². The SMILES string of the molecule is CC1(C)c2ccc(-c3ccc(-c4c5ccccc5c(-c5cc6ccc7ccccc7c6c6ccccc56)c5ccccc45)cc3)cc2-c2ccc3ccccc3c21. The molecule has 57 heavy (non-hydrogen) atoms. The van der Waals surface area contributed by atoms with Gasteiger partial charge in [0.1, 0.15) is 0 Å². The van der Waals surface area contributed by atoms with Gasteiger partial charge in [0.25, 0.3) is 0 Å². The van der Waals surface area contributed by atoms with E-state index in [9.17, 15) is 0 Å². The van der Waals surface area contributed by atoms with E-state index in [0.717, 1.165) is 0 Å². The van der Waals surface area contributed by atoms with Crippen LogP contribution in [0.4, 0.5) is 0 Å². The molecule has 0 unspecified atom stereocenters. The molecule has 0 spiro atoms. The van der Waals surface area contributed by atoms with Gasteiger partial charge in [0.15, 0.2) is 0 Å². The monoisotopic (exact) mass is 722 g/mol. The van der Waals surface area contributed by atoms with Gasteiger partial charge >= 0.3 is 0 Å². The van der Waals surface area contributed by atoms with Crippen LogP contribution in [0.15, 0.2) is 194 Å². The van der Waals surface area contributed by atoms with Crippen molar-refractivity contribution in [1.82, 2.24) is 0 Å². The van der Waals surface area contributed by atoms with E-state index in [-0.39, 0.29) is 5.41 Å². The topological polar surface area (TPSA) is 0 Å². The molecule has 0 atom stereocenters. The van der Waals surface area contributed by atoms with E-state index in [1.165, 1.54) is 120 Å². The summed E-state index contributed by atoms with van der Waals surface area (Å²) < 4.78 is 0. The maximum absolute atomic E-state index is 2.44. The lowest BCUT2D eigenvalue weighted by Crippen LogP contribution is -2.15. The normalized spacial score (nSPS) is 13.2. The van der Waals surface area contributed by atoms with Crippen LogP contribution in [0.25, 0.3) is 109 Å². The Morgan fingerprint density at radius 2 is 0.789 bits per heavy atom. The van der Waals surface area contributed by atoms with Crippen LogP contribution < -0.4 is 0 Å². The van der Waals surface area contributed by atoms with Crippen molar-refractivity contribution >= 4 is 64.6 Å². The molecule has 11 aromatic carbocycles. The van der Waals surface area contributed by atoms with Gasteiger partial charge in [0.2, 0.25) is 0 Å². The Morgan fingerprint density at radius 1 is 0.298 bits per heavy atom. The summed E-state index contributed by atoms with van der Waals surface area (Å²) in [5, 5.41) is 15.5. The molecule has 0 heteroatoms. The smallest absolute Gasteiger partial charge is 0.0165 e. The number of fused-ring (bicyclic) bond motifs is 12. The van der Waals surface area contributed by atoms with E-state index in [4.69, 9.17) is 0 Å². The zero-order chi connectivity index (χ0) is 37.8. The van der Waals surface area contributed by atoms with Crippen molar-refractivity contribution in [3.8, 4) is 44.5 Å². The lowest BCUT2D eigenvalue weighted by molar-refractivity contribution is 0.666. The molecule has 266 valence electrons. The first kappa shape index (κ1) is 32.2. The van der Waals surface area contributed by atoms with Crippen LogP contribution >= 0.6 is 0 Å². The molecule has 0 aliphatic heterocycles. The third kappa shape index (κ3) is 4.62. The number of hydrogen-bond donors (Lipinski definition) is 0. The van der Waals surface area contributed by atoms with E-state index in [1.54, 1.807) is 0 Å². The first-order valence-corrected chi connectivity index (χ1v) is 20.1. The van der Waals surface area contributed by atoms with Gasteiger partial charge in [-0.05, 0) is 132 Å². The summed E-state index contributed by atoms with van der Waals surface area (Å²) >= 11 is 0. The second-order valence-electron chi connectivity index (χ2n) is 16.4. The Balaban J connectivity index is 1.03. The first-order valence-electron chi connectivity index (χ1n) is 20.1. The summed E-state index contributed by atoms with van der Waals surface area (Å²) in [6.07, 6.45) is 0. The Labute approximate surface area is 332 Å². The fraction of sp³-hybridized carbons (Fsp3) is 0.0526. The molecule has 0 nitrogen and oxygen atoms in total. The molecule has 0 fully saturated rings. The van der Waals surface area contributed by atoms with Gasteiger partial charge in [-0.1, -0.05) is 196 Å². The van der Waals surface area contributed by atoms with Crippen LogP contribution in [0.3, 0.4) is 0 Å². The molecule has 0 saturated heterocycles. The molecule has 0 N–H and O–H groups in total. The lowest BCUT2D eigenvalue weighted by atomic mass is 9.80. The molecule has 1 aliphatic rings. The van der Waals surface area contributed by atoms with Crippen LogP contribution in [-0.2, 0) is 5.41 Å². The number of hydrogen-bond acceptors (Lipinski definition) is 0. The molecule has 0 amide bonds. The second-order valence-corrected chi connectivity index (χ2v) is 16.4. The van der Waals surface area contributed by atoms with Crippen molar-refractivity contribution in [2.45, 2.75) is 19.3 Å². The highest BCUT2D eigenvalue weighted by molar-refractivity contribution is 6.28. The van der Waals surface area contributed by atoms with E-state index < -0.39 is 0 Å². The predicted octanol–water partition coefficient (Wildman–Crippen LogP) is 15.9. The summed E-state index contributed by atoms with van der Waals surface area (Å²) in [5.41, 5.74) is 13.1. The van der Waals surface area contributed by atoms with Crippen LogP contribution in [0, 0.1) is 0 Å². The van der Waals surface area contributed by atoms with Gasteiger partial charge in [-0.25, -0.2) is 0 Å². The summed E-state index contributed by atoms with van der Waals surface area (Å²) in [4.78, 5) is 0. The van der Waals surface area contributed by atoms with Crippen molar-refractivity contribution in [1.29, 1.82) is 0 Å². The Bertz CT molecular complexity index is 3410. The fourth-order valence-corrected chi connectivity index (χ4v) is 10.4. The summed E-state index contributed by atoms with van der Waals surface area (Å²) in [6.45, 7) is 4.76. The Morgan fingerprint density at radius 3 is 1.47 bits per heavy atom. The van der Waals surface area contributed by atoms with Crippen molar-refractivity contribution in [2.75, 3.05) is 0 Å². The van der Waals surface area contributed by atoms with E-state index >= 15 is 0 Å². The highest BCUT2D eigenvalue weighted by Crippen LogP contribution is 2.52. The molecular formula is C57H38. The molecule has 0 heterocycles. The second kappa shape index (κ2) is 12.0. The van der Waals surface area contributed by atoms with Crippen LogP contribution in [0.1, 0.15) is 25.0 Å². The largest absolute Gasteiger partial charge is 0.0616 e. The van der Waals surface area contributed by atoms with Crippen molar-refractivity contribution < 1.29 is 0 Å². The van der Waals surface area contributed by atoms with E-state index in [1.807, 2.05) is 0 Å². The molecule has 0 radical (unpaired) electrons. The average molecular weight is 723 g/mol. The van der Waals surface area contributed by atoms with Crippen molar-refractivity contribution in [3.05, 3.63) is 205 Å². The zero-order valence-corrected chi connectivity index (χ0v) is 32.0. The van der Waals surface area contributed by atoms with Gasteiger partial charge in [-0.2, -0.15) is 0 Å². The van der Waals surface area contributed by atoms with Crippen molar-refractivity contribution in [2.24, 2.45) is 0 Å². The lowest BCUT2D eigenvalue weighted by Gasteiger charge is -2.23. The quantitative estimate of drug-likeness (QED) is 0.126. The zero-order valence-electron chi connectivity index (χ0n) is 32.0. The maximum atomic E-state index is 2.44.